The average molecular weight is 274 g/mol. The molecule has 0 heterocycles. The molecular weight excluding hydrogens is 253 g/mol. The van der Waals surface area contributed by atoms with E-state index in [-0.39, 0.29) is 12.1 Å². The quantitative estimate of drug-likeness (QED) is 0.892. The fourth-order valence-electron chi connectivity index (χ4n) is 2.16. The van der Waals surface area contributed by atoms with Crippen molar-refractivity contribution in [3.63, 3.8) is 0 Å². The molecule has 1 aromatic carbocycles. The van der Waals surface area contributed by atoms with Gasteiger partial charge < -0.3 is 5.73 Å². The van der Waals surface area contributed by atoms with Crippen LogP contribution in [0.1, 0.15) is 32.4 Å². The van der Waals surface area contributed by atoms with Crippen molar-refractivity contribution in [2.75, 3.05) is 6.54 Å². The van der Waals surface area contributed by atoms with Crippen molar-refractivity contribution >= 4 is 0 Å². The number of rotatable bonds is 5. The predicted octanol–water partition coefficient (Wildman–Crippen LogP) is 3.35. The summed E-state index contributed by atoms with van der Waals surface area (Å²) in [5.41, 5.74) is 6.94. The lowest BCUT2D eigenvalue weighted by molar-refractivity contribution is -0.155. The monoisotopic (exact) mass is 274 g/mol. The van der Waals surface area contributed by atoms with E-state index in [0.717, 1.165) is 5.56 Å². The van der Waals surface area contributed by atoms with Gasteiger partial charge in [-0.1, -0.05) is 30.3 Å². The molecule has 0 saturated heterocycles. The van der Waals surface area contributed by atoms with Gasteiger partial charge in [-0.3, -0.25) is 4.90 Å². The van der Waals surface area contributed by atoms with Gasteiger partial charge >= 0.3 is 6.18 Å². The highest BCUT2D eigenvalue weighted by atomic mass is 19.4. The fourth-order valence-corrected chi connectivity index (χ4v) is 2.16. The van der Waals surface area contributed by atoms with Crippen molar-refractivity contribution < 1.29 is 13.2 Å². The van der Waals surface area contributed by atoms with E-state index in [1.165, 1.54) is 4.90 Å². The Labute approximate surface area is 112 Å². The van der Waals surface area contributed by atoms with E-state index in [2.05, 4.69) is 0 Å². The van der Waals surface area contributed by atoms with Crippen LogP contribution in [0.5, 0.6) is 0 Å². The van der Waals surface area contributed by atoms with Gasteiger partial charge in [-0.05, 0) is 26.3 Å². The molecule has 0 amide bonds. The van der Waals surface area contributed by atoms with Gasteiger partial charge in [-0.25, -0.2) is 0 Å². The zero-order chi connectivity index (χ0) is 14.6. The molecule has 2 unspecified atom stereocenters. The van der Waals surface area contributed by atoms with Crippen LogP contribution in [0, 0.1) is 0 Å². The van der Waals surface area contributed by atoms with Crippen LogP contribution >= 0.6 is 0 Å². The molecule has 0 saturated carbocycles. The molecule has 2 nitrogen and oxygen atoms in total. The maximum atomic E-state index is 12.6. The normalized spacial score (nSPS) is 15.8. The second-order valence-electron chi connectivity index (χ2n) is 5.06. The zero-order valence-electron chi connectivity index (χ0n) is 11.5. The molecule has 0 bridgehead atoms. The molecule has 0 radical (unpaired) electrons. The van der Waals surface area contributed by atoms with Crippen LogP contribution in [0.25, 0.3) is 0 Å². The van der Waals surface area contributed by atoms with Crippen LogP contribution in [0.2, 0.25) is 0 Å². The topological polar surface area (TPSA) is 29.3 Å². The minimum Gasteiger partial charge on any atom is -0.323 e. The Morgan fingerprint density at radius 1 is 1.11 bits per heavy atom. The largest absolute Gasteiger partial charge is 0.401 e. The number of nitrogens with zero attached hydrogens (tertiary/aromatic N) is 1. The van der Waals surface area contributed by atoms with E-state index in [4.69, 9.17) is 5.73 Å². The summed E-state index contributed by atoms with van der Waals surface area (Å²) in [5, 5.41) is 0. The predicted molar refractivity (Wildman–Crippen MR) is 70.7 cm³/mol. The maximum absolute atomic E-state index is 12.6. The van der Waals surface area contributed by atoms with Crippen LogP contribution in [0.3, 0.4) is 0 Å². The van der Waals surface area contributed by atoms with Crippen molar-refractivity contribution in [3.8, 4) is 0 Å². The summed E-state index contributed by atoms with van der Waals surface area (Å²) >= 11 is 0. The average Bonchev–Trinajstić information content (AvgIpc) is 2.34. The van der Waals surface area contributed by atoms with Gasteiger partial charge in [0.1, 0.15) is 0 Å². The summed E-state index contributed by atoms with van der Waals surface area (Å²) in [4.78, 5) is 1.39. The van der Waals surface area contributed by atoms with Crippen molar-refractivity contribution in [2.45, 2.75) is 45.1 Å². The minimum absolute atomic E-state index is 0.216. The standard InChI is InChI=1S/C14H21F3N2/c1-10(2)19(9-14(15,16)17)11(3)13(18)12-7-5-4-6-8-12/h4-8,10-11,13H,9,18H2,1-3H3. The second-order valence-corrected chi connectivity index (χ2v) is 5.06. The van der Waals surface area contributed by atoms with E-state index in [9.17, 15) is 13.2 Å². The highest BCUT2D eigenvalue weighted by Gasteiger charge is 2.35. The van der Waals surface area contributed by atoms with Crippen molar-refractivity contribution in [1.82, 2.24) is 4.90 Å². The number of hydrogen-bond donors (Lipinski definition) is 1. The van der Waals surface area contributed by atoms with E-state index in [1.807, 2.05) is 30.3 Å². The van der Waals surface area contributed by atoms with Gasteiger partial charge in [-0.15, -0.1) is 0 Å². The van der Waals surface area contributed by atoms with Gasteiger partial charge in [0.25, 0.3) is 0 Å². The third-order valence-corrected chi connectivity index (χ3v) is 3.25. The Kier molecular flexibility index (Phi) is 5.38. The maximum Gasteiger partial charge on any atom is 0.401 e. The zero-order valence-corrected chi connectivity index (χ0v) is 11.5. The number of benzene rings is 1. The summed E-state index contributed by atoms with van der Waals surface area (Å²) in [5.74, 6) is 0. The first-order chi connectivity index (χ1) is 8.72. The molecular formula is C14H21F3N2. The number of alkyl halides is 3. The van der Waals surface area contributed by atoms with E-state index < -0.39 is 18.8 Å². The Balaban J connectivity index is 2.85. The van der Waals surface area contributed by atoms with E-state index >= 15 is 0 Å². The number of halogens is 3. The highest BCUT2D eigenvalue weighted by Crippen LogP contribution is 2.25. The van der Waals surface area contributed by atoms with Crippen LogP contribution in [0.15, 0.2) is 30.3 Å². The van der Waals surface area contributed by atoms with Crippen LogP contribution in [-0.4, -0.2) is 29.7 Å². The van der Waals surface area contributed by atoms with Crippen LogP contribution in [-0.2, 0) is 0 Å². The minimum atomic E-state index is -4.21. The van der Waals surface area contributed by atoms with Gasteiger partial charge in [0.15, 0.2) is 0 Å². The molecule has 1 rings (SSSR count). The van der Waals surface area contributed by atoms with Crippen molar-refractivity contribution in [1.29, 1.82) is 0 Å². The fraction of sp³-hybridized carbons (Fsp3) is 0.571. The molecule has 0 fully saturated rings. The molecule has 0 aromatic heterocycles. The summed E-state index contributed by atoms with van der Waals surface area (Å²) in [6.45, 7) is 4.30. The van der Waals surface area contributed by atoms with Gasteiger partial charge in [-0.2, -0.15) is 13.2 Å². The van der Waals surface area contributed by atoms with E-state index in [0.29, 0.717) is 0 Å². The first-order valence-corrected chi connectivity index (χ1v) is 6.35. The molecule has 0 aliphatic carbocycles. The third-order valence-electron chi connectivity index (χ3n) is 3.25. The Morgan fingerprint density at radius 3 is 2.05 bits per heavy atom. The Morgan fingerprint density at radius 2 is 1.63 bits per heavy atom. The molecule has 2 atom stereocenters. The number of nitrogens with two attached hydrogens (primary N) is 1. The highest BCUT2D eigenvalue weighted by molar-refractivity contribution is 5.20. The Bertz CT molecular complexity index is 376. The molecule has 108 valence electrons. The summed E-state index contributed by atoms with van der Waals surface area (Å²) < 4.78 is 37.8. The lowest BCUT2D eigenvalue weighted by Crippen LogP contribution is -2.48. The van der Waals surface area contributed by atoms with Crippen molar-refractivity contribution in [2.24, 2.45) is 5.73 Å². The van der Waals surface area contributed by atoms with E-state index in [1.54, 1.807) is 20.8 Å². The van der Waals surface area contributed by atoms with Gasteiger partial charge in [0.2, 0.25) is 0 Å². The van der Waals surface area contributed by atoms with Crippen LogP contribution in [0.4, 0.5) is 13.2 Å². The van der Waals surface area contributed by atoms with Gasteiger partial charge in [0, 0.05) is 18.1 Å². The lowest BCUT2D eigenvalue weighted by atomic mass is 9.99. The SMILES string of the molecule is CC(C)N(CC(F)(F)F)C(C)C(N)c1ccccc1. The Hall–Kier alpha value is -1.07. The first-order valence-electron chi connectivity index (χ1n) is 6.35. The first kappa shape index (κ1) is 16.0. The smallest absolute Gasteiger partial charge is 0.323 e. The number of hydrogen-bond acceptors (Lipinski definition) is 2. The molecule has 0 aliphatic rings. The molecule has 5 heteroatoms. The van der Waals surface area contributed by atoms with Gasteiger partial charge in [0.05, 0.1) is 6.54 Å². The lowest BCUT2D eigenvalue weighted by Gasteiger charge is -2.36. The molecule has 1 aromatic rings. The van der Waals surface area contributed by atoms with Crippen LogP contribution < -0.4 is 5.73 Å². The summed E-state index contributed by atoms with van der Waals surface area (Å²) in [6.07, 6.45) is -4.21. The summed E-state index contributed by atoms with van der Waals surface area (Å²) in [6, 6.07) is 8.18. The molecule has 19 heavy (non-hydrogen) atoms. The summed E-state index contributed by atoms with van der Waals surface area (Å²) in [7, 11) is 0. The molecule has 0 aliphatic heterocycles. The molecule has 0 spiro atoms. The van der Waals surface area contributed by atoms with Crippen molar-refractivity contribution in [3.05, 3.63) is 35.9 Å². The molecule has 2 N–H and O–H groups in total. The second kappa shape index (κ2) is 6.39. The third kappa shape index (κ3) is 4.84.